The zero-order chi connectivity index (χ0) is 10.9. The van der Waals surface area contributed by atoms with Crippen LogP contribution in [0.2, 0.25) is 0 Å². The highest BCUT2D eigenvalue weighted by atomic mass is 19.1. The Bertz CT molecular complexity index is 382. The van der Waals surface area contributed by atoms with Gasteiger partial charge in [-0.1, -0.05) is 19.1 Å². The van der Waals surface area contributed by atoms with Gasteiger partial charge in [-0.3, -0.25) is 0 Å². The summed E-state index contributed by atoms with van der Waals surface area (Å²) in [5.74, 6) is -0.273. The molecule has 80 valence electrons. The van der Waals surface area contributed by atoms with Gasteiger partial charge in [0.2, 0.25) is 0 Å². The van der Waals surface area contributed by atoms with Crippen LogP contribution in [0.3, 0.4) is 0 Å². The van der Waals surface area contributed by atoms with Gasteiger partial charge in [0.05, 0.1) is 0 Å². The number of amides is 1. The molecule has 1 amide bonds. The average Bonchev–Trinajstić information content (AvgIpc) is 2.23. The van der Waals surface area contributed by atoms with E-state index in [-0.39, 0.29) is 17.8 Å². The van der Waals surface area contributed by atoms with Gasteiger partial charge in [-0.15, -0.1) is 0 Å². The minimum Gasteiger partial charge on any atom is -0.449 e. The lowest BCUT2D eigenvalue weighted by Gasteiger charge is -2.33. The van der Waals surface area contributed by atoms with Gasteiger partial charge >= 0.3 is 6.09 Å². The van der Waals surface area contributed by atoms with Gasteiger partial charge in [0.25, 0.3) is 0 Å². The van der Waals surface area contributed by atoms with Crippen molar-refractivity contribution in [1.82, 2.24) is 5.32 Å². The van der Waals surface area contributed by atoms with Crippen LogP contribution in [0.25, 0.3) is 0 Å². The third-order valence-corrected chi connectivity index (χ3v) is 2.67. The summed E-state index contributed by atoms with van der Waals surface area (Å²) in [6.45, 7) is 2.68. The zero-order valence-corrected chi connectivity index (χ0v) is 8.42. The number of hydrogen-bond acceptors (Lipinski definition) is 2. The van der Waals surface area contributed by atoms with Gasteiger partial charge in [-0.25, -0.2) is 9.18 Å². The Morgan fingerprint density at radius 2 is 2.33 bits per heavy atom. The van der Waals surface area contributed by atoms with E-state index in [9.17, 15) is 9.18 Å². The van der Waals surface area contributed by atoms with E-state index in [2.05, 4.69) is 5.32 Å². The van der Waals surface area contributed by atoms with E-state index in [0.29, 0.717) is 6.54 Å². The van der Waals surface area contributed by atoms with Gasteiger partial charge in [0.15, 0.2) is 0 Å². The quantitative estimate of drug-likeness (QED) is 0.766. The van der Waals surface area contributed by atoms with Crippen LogP contribution in [0.1, 0.15) is 12.5 Å². The van der Waals surface area contributed by atoms with E-state index in [4.69, 9.17) is 4.74 Å². The highest BCUT2D eigenvalue weighted by molar-refractivity contribution is 5.68. The second-order valence-corrected chi connectivity index (χ2v) is 4.00. The van der Waals surface area contributed by atoms with Crippen molar-refractivity contribution in [1.29, 1.82) is 0 Å². The Morgan fingerprint density at radius 1 is 1.53 bits per heavy atom. The van der Waals surface area contributed by atoms with Gasteiger partial charge in [-0.05, 0) is 17.7 Å². The molecule has 1 N–H and O–H groups in total. The van der Waals surface area contributed by atoms with Crippen molar-refractivity contribution in [3.05, 3.63) is 35.6 Å². The first kappa shape index (κ1) is 9.96. The van der Waals surface area contributed by atoms with Crippen molar-refractivity contribution >= 4 is 6.09 Å². The summed E-state index contributed by atoms with van der Waals surface area (Å²) in [5, 5.41) is 2.61. The molecular formula is C11H12FNO2. The zero-order valence-electron chi connectivity index (χ0n) is 8.42. The predicted octanol–water partition coefficient (Wildman–Crippen LogP) is 1.82. The molecule has 0 aromatic heterocycles. The molecule has 1 fully saturated rings. The van der Waals surface area contributed by atoms with Crippen LogP contribution in [0.5, 0.6) is 0 Å². The molecule has 4 heteroatoms. The Morgan fingerprint density at radius 3 is 2.93 bits per heavy atom. The second kappa shape index (κ2) is 3.53. The van der Waals surface area contributed by atoms with E-state index in [0.717, 1.165) is 5.56 Å². The van der Waals surface area contributed by atoms with Crippen molar-refractivity contribution in [3.8, 4) is 0 Å². The third kappa shape index (κ3) is 1.93. The van der Waals surface area contributed by atoms with E-state index < -0.39 is 6.09 Å². The van der Waals surface area contributed by atoms with Crippen LogP contribution in [0.4, 0.5) is 9.18 Å². The summed E-state index contributed by atoms with van der Waals surface area (Å²) in [5.41, 5.74) is 0.484. The summed E-state index contributed by atoms with van der Waals surface area (Å²) in [6, 6.07) is 6.37. The molecule has 1 aromatic rings. The largest absolute Gasteiger partial charge is 0.449 e. The Balaban J connectivity index is 2.25. The van der Waals surface area contributed by atoms with E-state index in [1.54, 1.807) is 6.07 Å². The molecule has 0 saturated carbocycles. The fourth-order valence-corrected chi connectivity index (χ4v) is 1.64. The monoisotopic (exact) mass is 209 g/mol. The molecular weight excluding hydrogens is 197 g/mol. The molecule has 15 heavy (non-hydrogen) atoms. The summed E-state index contributed by atoms with van der Waals surface area (Å²) in [4.78, 5) is 10.8. The molecule has 2 rings (SSSR count). The van der Waals surface area contributed by atoms with Crippen LogP contribution in [-0.2, 0) is 10.2 Å². The molecule has 1 saturated heterocycles. The van der Waals surface area contributed by atoms with Crippen molar-refractivity contribution in [2.24, 2.45) is 0 Å². The number of halogens is 1. The van der Waals surface area contributed by atoms with Gasteiger partial charge in [0.1, 0.15) is 12.4 Å². The number of ether oxygens (including phenoxy) is 1. The Hall–Kier alpha value is -1.58. The van der Waals surface area contributed by atoms with Crippen molar-refractivity contribution in [3.63, 3.8) is 0 Å². The normalized spacial score (nSPS) is 25.6. The number of cyclic esters (lactones) is 1. The number of alkyl carbamates (subject to hydrolysis) is 1. The van der Waals surface area contributed by atoms with E-state index >= 15 is 0 Å². The maximum atomic E-state index is 13.0. The standard InChI is InChI=1S/C11H12FNO2/c1-11(6-13-10(14)15-7-11)8-3-2-4-9(12)5-8/h2-5H,6-7H2,1H3,(H,13,14). The summed E-state index contributed by atoms with van der Waals surface area (Å²) in [6.07, 6.45) is -0.413. The van der Waals surface area contributed by atoms with E-state index in [1.807, 2.05) is 13.0 Å². The number of benzene rings is 1. The Labute approximate surface area is 87.2 Å². The first-order valence-electron chi connectivity index (χ1n) is 4.77. The van der Waals surface area contributed by atoms with Gasteiger partial charge in [-0.2, -0.15) is 0 Å². The highest BCUT2D eigenvalue weighted by Crippen LogP contribution is 2.26. The molecule has 1 unspecified atom stereocenters. The minimum absolute atomic E-state index is 0.273. The van der Waals surface area contributed by atoms with Crippen molar-refractivity contribution in [2.45, 2.75) is 12.3 Å². The molecule has 1 aliphatic rings. The number of hydrogen-bond donors (Lipinski definition) is 1. The maximum Gasteiger partial charge on any atom is 0.407 e. The Kier molecular flexibility index (Phi) is 2.34. The van der Waals surface area contributed by atoms with Crippen LogP contribution in [0.15, 0.2) is 24.3 Å². The predicted molar refractivity (Wildman–Crippen MR) is 53.1 cm³/mol. The number of carbonyl (C=O) groups excluding carboxylic acids is 1. The molecule has 1 atom stereocenters. The average molecular weight is 209 g/mol. The summed E-state index contributed by atoms with van der Waals surface area (Å²) >= 11 is 0. The fraction of sp³-hybridized carbons (Fsp3) is 0.364. The van der Waals surface area contributed by atoms with Crippen molar-refractivity contribution in [2.75, 3.05) is 13.2 Å². The highest BCUT2D eigenvalue weighted by Gasteiger charge is 2.33. The lowest BCUT2D eigenvalue weighted by Crippen LogP contribution is -2.48. The van der Waals surface area contributed by atoms with E-state index in [1.165, 1.54) is 12.1 Å². The number of carbonyl (C=O) groups is 1. The second-order valence-electron chi connectivity index (χ2n) is 4.00. The maximum absolute atomic E-state index is 13.0. The van der Waals surface area contributed by atoms with Crippen LogP contribution < -0.4 is 5.32 Å². The van der Waals surface area contributed by atoms with Gasteiger partial charge in [0, 0.05) is 12.0 Å². The number of rotatable bonds is 1. The third-order valence-electron chi connectivity index (χ3n) is 2.67. The smallest absolute Gasteiger partial charge is 0.407 e. The first-order valence-corrected chi connectivity index (χ1v) is 4.77. The lowest BCUT2D eigenvalue weighted by atomic mass is 9.82. The molecule has 0 bridgehead atoms. The minimum atomic E-state index is -0.413. The summed E-state index contributed by atoms with van der Waals surface area (Å²) < 4.78 is 18.0. The summed E-state index contributed by atoms with van der Waals surface area (Å²) in [7, 11) is 0. The molecule has 0 spiro atoms. The molecule has 0 aliphatic carbocycles. The lowest BCUT2D eigenvalue weighted by molar-refractivity contribution is 0.0929. The number of nitrogens with one attached hydrogen (secondary N) is 1. The topological polar surface area (TPSA) is 38.3 Å². The van der Waals surface area contributed by atoms with Gasteiger partial charge < -0.3 is 10.1 Å². The van der Waals surface area contributed by atoms with Crippen LogP contribution >= 0.6 is 0 Å². The SMILES string of the molecule is CC1(c2cccc(F)c2)CNC(=O)OC1. The molecule has 1 aliphatic heterocycles. The molecule has 1 aromatic carbocycles. The fourth-order valence-electron chi connectivity index (χ4n) is 1.64. The van der Waals surface area contributed by atoms with Crippen molar-refractivity contribution < 1.29 is 13.9 Å². The van der Waals surface area contributed by atoms with Crippen LogP contribution in [-0.4, -0.2) is 19.2 Å². The molecule has 0 radical (unpaired) electrons. The van der Waals surface area contributed by atoms with Crippen LogP contribution in [0, 0.1) is 5.82 Å². The first-order chi connectivity index (χ1) is 7.10. The molecule has 3 nitrogen and oxygen atoms in total. The molecule has 1 heterocycles.